The lowest BCUT2D eigenvalue weighted by atomic mass is 9.81. The number of carbonyl (C=O) groups excluding carboxylic acids is 1. The van der Waals surface area contributed by atoms with Crippen molar-refractivity contribution >= 4 is 28.5 Å². The Balaban J connectivity index is 2.12. The van der Waals surface area contributed by atoms with Gasteiger partial charge in [-0.25, -0.2) is 9.79 Å². The van der Waals surface area contributed by atoms with E-state index in [1.165, 1.54) is 29.7 Å². The summed E-state index contributed by atoms with van der Waals surface area (Å²) in [5.41, 5.74) is 1.45. The zero-order valence-corrected chi connectivity index (χ0v) is 17.6. The number of nitrogens with zero attached hydrogens (tertiary/aromatic N) is 1. The standard InChI is InChI=1S/C21H26N2O4S/c1-6-27-19(26)16-14-10-20(2,3)23-21(4,5)17(14)28-18(16)22-11-12-7-8-13(24)9-15(12)25/h7-9,11,23-25H,6,10H2,1-5H3/b22-11+. The molecular weight excluding hydrogens is 376 g/mol. The summed E-state index contributed by atoms with van der Waals surface area (Å²) in [6.07, 6.45) is 2.19. The molecule has 0 saturated heterocycles. The first-order valence-electron chi connectivity index (χ1n) is 9.23. The average Bonchev–Trinajstić information content (AvgIpc) is 2.91. The van der Waals surface area contributed by atoms with Gasteiger partial charge in [-0.3, -0.25) is 0 Å². The van der Waals surface area contributed by atoms with E-state index in [2.05, 4.69) is 38.0 Å². The Labute approximate surface area is 168 Å². The topological polar surface area (TPSA) is 91.2 Å². The molecule has 3 rings (SSSR count). The van der Waals surface area contributed by atoms with Gasteiger partial charge in [-0.1, -0.05) is 0 Å². The number of carbonyl (C=O) groups is 1. The average molecular weight is 403 g/mol. The highest BCUT2D eigenvalue weighted by molar-refractivity contribution is 7.16. The van der Waals surface area contributed by atoms with Gasteiger partial charge in [0.05, 0.1) is 12.2 Å². The van der Waals surface area contributed by atoms with E-state index in [0.717, 1.165) is 10.4 Å². The fourth-order valence-electron chi connectivity index (χ4n) is 3.79. The van der Waals surface area contributed by atoms with Crippen LogP contribution in [0.15, 0.2) is 23.2 Å². The van der Waals surface area contributed by atoms with E-state index in [4.69, 9.17) is 4.74 Å². The van der Waals surface area contributed by atoms with Gasteiger partial charge in [0, 0.05) is 33.8 Å². The number of aliphatic imine (C=N–C) groups is 1. The van der Waals surface area contributed by atoms with Crippen molar-refractivity contribution in [2.24, 2.45) is 4.99 Å². The highest BCUT2D eigenvalue weighted by Crippen LogP contribution is 2.46. The van der Waals surface area contributed by atoms with Gasteiger partial charge < -0.3 is 20.3 Å². The van der Waals surface area contributed by atoms with Crippen LogP contribution in [-0.4, -0.2) is 34.5 Å². The van der Waals surface area contributed by atoms with Crippen LogP contribution >= 0.6 is 11.3 Å². The minimum atomic E-state index is -0.379. The summed E-state index contributed by atoms with van der Waals surface area (Å²) in [7, 11) is 0. The van der Waals surface area contributed by atoms with Crippen molar-refractivity contribution in [1.82, 2.24) is 5.32 Å². The Morgan fingerprint density at radius 2 is 2.04 bits per heavy atom. The largest absolute Gasteiger partial charge is 0.508 e. The van der Waals surface area contributed by atoms with Crippen LogP contribution in [0.4, 0.5) is 5.00 Å². The number of nitrogens with one attached hydrogen (secondary N) is 1. The minimum Gasteiger partial charge on any atom is -0.508 e. The van der Waals surface area contributed by atoms with Crippen LogP contribution in [0.25, 0.3) is 0 Å². The SMILES string of the molecule is CCOC(=O)c1c(/N=C/c2ccc(O)cc2O)sc2c1CC(C)(C)NC2(C)C. The molecule has 1 aromatic carbocycles. The highest BCUT2D eigenvalue weighted by Gasteiger charge is 2.41. The van der Waals surface area contributed by atoms with Gasteiger partial charge in [0.2, 0.25) is 0 Å². The summed E-state index contributed by atoms with van der Waals surface area (Å²) in [5, 5.41) is 23.6. The molecule has 0 bridgehead atoms. The summed E-state index contributed by atoms with van der Waals surface area (Å²) in [5.74, 6) is -0.482. The van der Waals surface area contributed by atoms with Crippen LogP contribution in [0.1, 0.15) is 61.0 Å². The molecule has 0 fully saturated rings. The molecule has 1 aliphatic rings. The van der Waals surface area contributed by atoms with Crippen LogP contribution in [-0.2, 0) is 16.7 Å². The molecule has 0 spiro atoms. The summed E-state index contributed by atoms with van der Waals surface area (Å²) >= 11 is 1.46. The molecule has 0 aliphatic carbocycles. The minimum absolute atomic E-state index is 0.0245. The number of phenolic OH excluding ortho intramolecular Hbond substituents is 2. The Morgan fingerprint density at radius 1 is 1.32 bits per heavy atom. The molecule has 2 aromatic rings. The Kier molecular flexibility index (Phi) is 5.25. The maximum Gasteiger partial charge on any atom is 0.341 e. The van der Waals surface area contributed by atoms with Crippen LogP contribution in [0, 0.1) is 0 Å². The molecular formula is C21H26N2O4S. The smallest absolute Gasteiger partial charge is 0.341 e. The fourth-order valence-corrected chi connectivity index (χ4v) is 5.00. The van der Waals surface area contributed by atoms with Gasteiger partial charge >= 0.3 is 5.97 Å². The first-order chi connectivity index (χ1) is 13.0. The number of hydrogen-bond donors (Lipinski definition) is 3. The van der Waals surface area contributed by atoms with E-state index in [-0.39, 0.29) is 35.2 Å². The van der Waals surface area contributed by atoms with Gasteiger partial charge in [0.25, 0.3) is 0 Å². The third kappa shape index (κ3) is 3.91. The molecule has 2 heterocycles. The lowest BCUT2D eigenvalue weighted by Crippen LogP contribution is -2.55. The van der Waals surface area contributed by atoms with Crippen LogP contribution < -0.4 is 5.32 Å². The third-order valence-electron chi connectivity index (χ3n) is 4.64. The Bertz CT molecular complexity index is 944. The Hall–Kier alpha value is -2.38. The number of ether oxygens (including phenoxy) is 1. The van der Waals surface area contributed by atoms with Crippen LogP contribution in [0.2, 0.25) is 0 Å². The molecule has 0 atom stereocenters. The number of thiophene rings is 1. The molecule has 0 radical (unpaired) electrons. The maximum atomic E-state index is 12.8. The van der Waals surface area contributed by atoms with Crippen LogP contribution in [0.5, 0.6) is 11.5 Å². The molecule has 3 N–H and O–H groups in total. The number of benzene rings is 1. The summed E-state index contributed by atoms with van der Waals surface area (Å²) < 4.78 is 5.31. The van der Waals surface area contributed by atoms with E-state index < -0.39 is 0 Å². The first kappa shape index (κ1) is 20.4. The zero-order chi connectivity index (χ0) is 20.7. The number of rotatable bonds is 4. The maximum absolute atomic E-state index is 12.8. The molecule has 150 valence electrons. The lowest BCUT2D eigenvalue weighted by molar-refractivity contribution is 0.0525. The van der Waals surface area contributed by atoms with E-state index >= 15 is 0 Å². The monoisotopic (exact) mass is 402 g/mol. The first-order valence-corrected chi connectivity index (χ1v) is 10.0. The van der Waals surface area contributed by atoms with E-state index in [9.17, 15) is 15.0 Å². The second-order valence-electron chi connectivity index (χ2n) is 8.12. The van der Waals surface area contributed by atoms with Gasteiger partial charge in [-0.15, -0.1) is 11.3 Å². The van der Waals surface area contributed by atoms with Crippen molar-refractivity contribution in [3.8, 4) is 11.5 Å². The predicted molar refractivity (Wildman–Crippen MR) is 111 cm³/mol. The molecule has 0 amide bonds. The molecule has 1 aliphatic heterocycles. The van der Waals surface area contributed by atoms with Crippen molar-refractivity contribution in [3.05, 3.63) is 39.8 Å². The molecule has 7 heteroatoms. The van der Waals surface area contributed by atoms with Crippen LogP contribution in [0.3, 0.4) is 0 Å². The second kappa shape index (κ2) is 7.22. The molecule has 1 aromatic heterocycles. The summed E-state index contributed by atoms with van der Waals surface area (Å²) in [4.78, 5) is 18.3. The van der Waals surface area contributed by atoms with Gasteiger partial charge in [0.15, 0.2) is 0 Å². The number of fused-ring (bicyclic) bond motifs is 1. The lowest BCUT2D eigenvalue weighted by Gasteiger charge is -2.42. The normalized spacial score (nSPS) is 17.5. The number of esters is 1. The van der Waals surface area contributed by atoms with E-state index in [1.807, 2.05) is 0 Å². The summed E-state index contributed by atoms with van der Waals surface area (Å²) in [6.45, 7) is 10.5. The van der Waals surface area contributed by atoms with Crippen molar-refractivity contribution in [2.45, 2.75) is 52.1 Å². The van der Waals surface area contributed by atoms with Crippen molar-refractivity contribution in [2.75, 3.05) is 6.61 Å². The molecule has 0 saturated carbocycles. The second-order valence-corrected chi connectivity index (χ2v) is 9.12. The molecule has 28 heavy (non-hydrogen) atoms. The van der Waals surface area contributed by atoms with Crippen molar-refractivity contribution in [1.29, 1.82) is 0 Å². The third-order valence-corrected chi connectivity index (χ3v) is 6.10. The predicted octanol–water partition coefficient (Wildman–Crippen LogP) is 4.25. The summed E-state index contributed by atoms with van der Waals surface area (Å²) in [6, 6.07) is 4.30. The van der Waals surface area contributed by atoms with Crippen molar-refractivity contribution in [3.63, 3.8) is 0 Å². The molecule has 0 unspecified atom stereocenters. The van der Waals surface area contributed by atoms with Gasteiger partial charge in [-0.2, -0.15) is 0 Å². The van der Waals surface area contributed by atoms with E-state index in [0.29, 0.717) is 22.5 Å². The Morgan fingerprint density at radius 3 is 2.68 bits per heavy atom. The van der Waals surface area contributed by atoms with Gasteiger partial charge in [-0.05, 0) is 58.7 Å². The number of aromatic hydroxyl groups is 2. The number of hydrogen-bond acceptors (Lipinski definition) is 7. The van der Waals surface area contributed by atoms with Crippen molar-refractivity contribution < 1.29 is 19.7 Å². The quantitative estimate of drug-likeness (QED) is 0.525. The van der Waals surface area contributed by atoms with E-state index in [1.54, 1.807) is 13.0 Å². The fraction of sp³-hybridized carbons (Fsp3) is 0.429. The number of phenols is 2. The highest BCUT2D eigenvalue weighted by atomic mass is 32.1. The molecule has 6 nitrogen and oxygen atoms in total. The van der Waals surface area contributed by atoms with Gasteiger partial charge in [0.1, 0.15) is 16.5 Å². The zero-order valence-electron chi connectivity index (χ0n) is 16.8.